The van der Waals surface area contributed by atoms with Gasteiger partial charge in [-0.1, -0.05) is 62.4 Å². The maximum atomic E-state index is 3.75. The van der Waals surface area contributed by atoms with E-state index in [2.05, 4.69) is 73.8 Å². The van der Waals surface area contributed by atoms with Crippen LogP contribution in [0.4, 0.5) is 0 Å². The molecule has 0 unspecified atom stereocenters. The summed E-state index contributed by atoms with van der Waals surface area (Å²) in [5.74, 6) is 0. The topological polar surface area (TPSA) is 12.0 Å². The van der Waals surface area contributed by atoms with Gasteiger partial charge in [-0.05, 0) is 53.9 Å². The lowest BCUT2D eigenvalue weighted by Gasteiger charge is -2.34. The minimum atomic E-state index is 0.547. The summed E-state index contributed by atoms with van der Waals surface area (Å²) in [5, 5.41) is 3.75. The van der Waals surface area contributed by atoms with E-state index in [1.165, 1.54) is 42.4 Å². The fraction of sp³-hybridized carbons (Fsp3) is 0.429. The van der Waals surface area contributed by atoms with Crippen molar-refractivity contribution < 1.29 is 0 Å². The standard InChI is InChI=1S/C21H27N/c1-21(2)13-11-20(12-14-21)22-16-17-7-6-10-19(15-17)18-8-4-3-5-9-18/h3-10,15,20,22H,11-14,16H2,1-2H3. The van der Waals surface area contributed by atoms with Crippen molar-refractivity contribution in [3.05, 3.63) is 60.2 Å². The van der Waals surface area contributed by atoms with Gasteiger partial charge in [0.15, 0.2) is 0 Å². The third-order valence-electron chi connectivity index (χ3n) is 4.97. The van der Waals surface area contributed by atoms with E-state index in [-0.39, 0.29) is 0 Å². The molecule has 2 aromatic rings. The average Bonchev–Trinajstić information content (AvgIpc) is 2.55. The largest absolute Gasteiger partial charge is 0.310 e. The molecule has 0 aliphatic heterocycles. The molecule has 1 aliphatic carbocycles. The fourth-order valence-corrected chi connectivity index (χ4v) is 3.36. The van der Waals surface area contributed by atoms with Gasteiger partial charge in [-0.3, -0.25) is 0 Å². The Labute approximate surface area is 134 Å². The summed E-state index contributed by atoms with van der Waals surface area (Å²) in [7, 11) is 0. The number of hydrogen-bond donors (Lipinski definition) is 1. The summed E-state index contributed by atoms with van der Waals surface area (Å²) in [5.41, 5.74) is 4.53. The van der Waals surface area contributed by atoms with E-state index in [0.717, 1.165) is 6.54 Å². The van der Waals surface area contributed by atoms with Crippen LogP contribution in [-0.2, 0) is 6.54 Å². The zero-order chi connectivity index (χ0) is 15.4. The Bertz CT molecular complexity index is 590. The molecule has 1 heteroatoms. The highest BCUT2D eigenvalue weighted by Crippen LogP contribution is 2.35. The van der Waals surface area contributed by atoms with Crippen molar-refractivity contribution in [2.75, 3.05) is 0 Å². The predicted octanol–water partition coefficient (Wildman–Crippen LogP) is 5.41. The fourth-order valence-electron chi connectivity index (χ4n) is 3.36. The first-order valence-corrected chi connectivity index (χ1v) is 8.50. The Morgan fingerprint density at radius 2 is 1.59 bits per heavy atom. The van der Waals surface area contributed by atoms with Gasteiger partial charge in [0.1, 0.15) is 0 Å². The molecule has 0 bridgehead atoms. The molecule has 1 fully saturated rings. The van der Waals surface area contributed by atoms with Gasteiger partial charge in [0.25, 0.3) is 0 Å². The van der Waals surface area contributed by atoms with Crippen LogP contribution in [0.3, 0.4) is 0 Å². The highest BCUT2D eigenvalue weighted by atomic mass is 14.9. The lowest BCUT2D eigenvalue weighted by Crippen LogP contribution is -2.35. The van der Waals surface area contributed by atoms with Crippen LogP contribution in [0.15, 0.2) is 54.6 Å². The minimum absolute atomic E-state index is 0.547. The Kier molecular flexibility index (Phi) is 4.63. The van der Waals surface area contributed by atoms with Gasteiger partial charge in [-0.15, -0.1) is 0 Å². The zero-order valence-corrected chi connectivity index (χ0v) is 13.8. The van der Waals surface area contributed by atoms with Crippen LogP contribution >= 0.6 is 0 Å². The number of benzene rings is 2. The van der Waals surface area contributed by atoms with Crippen LogP contribution < -0.4 is 5.32 Å². The molecular formula is C21H27N. The second-order valence-corrected chi connectivity index (χ2v) is 7.39. The Morgan fingerprint density at radius 3 is 2.32 bits per heavy atom. The lowest BCUT2D eigenvalue weighted by atomic mass is 9.75. The van der Waals surface area contributed by atoms with Gasteiger partial charge in [0.2, 0.25) is 0 Å². The van der Waals surface area contributed by atoms with E-state index >= 15 is 0 Å². The van der Waals surface area contributed by atoms with Crippen LogP contribution in [-0.4, -0.2) is 6.04 Å². The van der Waals surface area contributed by atoms with Gasteiger partial charge in [0.05, 0.1) is 0 Å². The Balaban J connectivity index is 1.60. The molecule has 1 nitrogen and oxygen atoms in total. The summed E-state index contributed by atoms with van der Waals surface area (Å²) in [6.45, 7) is 5.77. The maximum absolute atomic E-state index is 3.75. The second-order valence-electron chi connectivity index (χ2n) is 7.39. The molecule has 22 heavy (non-hydrogen) atoms. The van der Waals surface area contributed by atoms with Crippen molar-refractivity contribution in [1.29, 1.82) is 0 Å². The van der Waals surface area contributed by atoms with E-state index in [4.69, 9.17) is 0 Å². The molecule has 0 heterocycles. The van der Waals surface area contributed by atoms with Crippen molar-refractivity contribution in [1.82, 2.24) is 5.32 Å². The highest BCUT2D eigenvalue weighted by Gasteiger charge is 2.26. The van der Waals surface area contributed by atoms with Crippen LogP contribution in [0.2, 0.25) is 0 Å². The first-order chi connectivity index (χ1) is 10.6. The molecule has 1 N–H and O–H groups in total. The average molecular weight is 293 g/mol. The summed E-state index contributed by atoms with van der Waals surface area (Å²) in [6, 6.07) is 20.2. The monoisotopic (exact) mass is 293 g/mol. The van der Waals surface area contributed by atoms with Crippen LogP contribution in [0.1, 0.15) is 45.1 Å². The third kappa shape index (κ3) is 3.98. The molecule has 0 aromatic heterocycles. The maximum Gasteiger partial charge on any atom is 0.0208 e. The molecule has 0 atom stereocenters. The SMILES string of the molecule is CC1(C)CCC(NCc2cccc(-c3ccccc3)c2)CC1. The Morgan fingerprint density at radius 1 is 0.909 bits per heavy atom. The molecule has 1 aliphatic rings. The molecule has 2 aromatic carbocycles. The molecule has 3 rings (SSSR count). The van der Waals surface area contributed by atoms with Crippen LogP contribution in [0.5, 0.6) is 0 Å². The predicted molar refractivity (Wildman–Crippen MR) is 94.8 cm³/mol. The zero-order valence-electron chi connectivity index (χ0n) is 13.8. The van der Waals surface area contributed by atoms with Crippen molar-refractivity contribution >= 4 is 0 Å². The van der Waals surface area contributed by atoms with Crippen molar-refractivity contribution in [3.63, 3.8) is 0 Å². The van der Waals surface area contributed by atoms with E-state index in [0.29, 0.717) is 11.5 Å². The normalized spacial score (nSPS) is 18.3. The summed E-state index contributed by atoms with van der Waals surface area (Å²) >= 11 is 0. The molecule has 116 valence electrons. The molecule has 0 saturated heterocycles. The molecular weight excluding hydrogens is 266 g/mol. The molecule has 1 saturated carbocycles. The quantitative estimate of drug-likeness (QED) is 0.794. The van der Waals surface area contributed by atoms with Gasteiger partial charge in [-0.2, -0.15) is 0 Å². The van der Waals surface area contributed by atoms with Crippen molar-refractivity contribution in [3.8, 4) is 11.1 Å². The smallest absolute Gasteiger partial charge is 0.0208 e. The van der Waals surface area contributed by atoms with Crippen molar-refractivity contribution in [2.24, 2.45) is 5.41 Å². The summed E-state index contributed by atoms with van der Waals surface area (Å²) in [4.78, 5) is 0. The van der Waals surface area contributed by atoms with E-state index in [9.17, 15) is 0 Å². The van der Waals surface area contributed by atoms with E-state index < -0.39 is 0 Å². The first kappa shape index (κ1) is 15.3. The van der Waals surface area contributed by atoms with Gasteiger partial charge >= 0.3 is 0 Å². The first-order valence-electron chi connectivity index (χ1n) is 8.50. The van der Waals surface area contributed by atoms with Crippen LogP contribution in [0, 0.1) is 5.41 Å². The Hall–Kier alpha value is -1.60. The second kappa shape index (κ2) is 6.66. The minimum Gasteiger partial charge on any atom is -0.310 e. The summed E-state index contributed by atoms with van der Waals surface area (Å²) < 4.78 is 0. The highest BCUT2D eigenvalue weighted by molar-refractivity contribution is 5.63. The summed E-state index contributed by atoms with van der Waals surface area (Å²) in [6.07, 6.45) is 5.31. The number of nitrogens with one attached hydrogen (secondary N) is 1. The van der Waals surface area contributed by atoms with Gasteiger partial charge in [-0.25, -0.2) is 0 Å². The van der Waals surface area contributed by atoms with Crippen LogP contribution in [0.25, 0.3) is 11.1 Å². The number of rotatable bonds is 4. The number of hydrogen-bond acceptors (Lipinski definition) is 1. The molecule has 0 spiro atoms. The van der Waals surface area contributed by atoms with Gasteiger partial charge in [0, 0.05) is 12.6 Å². The van der Waals surface area contributed by atoms with E-state index in [1.807, 2.05) is 0 Å². The molecule has 0 amide bonds. The molecule has 0 radical (unpaired) electrons. The lowest BCUT2D eigenvalue weighted by molar-refractivity contribution is 0.206. The van der Waals surface area contributed by atoms with Crippen molar-refractivity contribution in [2.45, 2.75) is 52.1 Å². The van der Waals surface area contributed by atoms with Gasteiger partial charge < -0.3 is 5.32 Å². The van der Waals surface area contributed by atoms with E-state index in [1.54, 1.807) is 0 Å². The third-order valence-corrected chi connectivity index (χ3v) is 4.97.